The van der Waals surface area contributed by atoms with Crippen LogP contribution in [-0.2, 0) is 11.2 Å². The van der Waals surface area contributed by atoms with E-state index in [4.69, 9.17) is 16.3 Å². The molecule has 2 aromatic rings. The molecule has 2 rings (SSSR count). The number of nitrogens with one attached hydrogen (secondary N) is 1. The second kappa shape index (κ2) is 9.63. The van der Waals surface area contributed by atoms with Gasteiger partial charge in [0, 0.05) is 18.3 Å². The zero-order chi connectivity index (χ0) is 19.7. The average molecular weight is 366 g/mol. The van der Waals surface area contributed by atoms with Gasteiger partial charge in [0.2, 0.25) is 0 Å². The summed E-state index contributed by atoms with van der Waals surface area (Å²) >= 11 is 0. The summed E-state index contributed by atoms with van der Waals surface area (Å²) < 4.78 is 5.79. The fraction of sp³-hybridized carbons (Fsp3) is 0.364. The quantitative estimate of drug-likeness (QED) is 0.491. The van der Waals surface area contributed by atoms with Gasteiger partial charge in [-0.25, -0.2) is 4.98 Å². The second-order valence-electron chi connectivity index (χ2n) is 7.22. The van der Waals surface area contributed by atoms with Gasteiger partial charge in [0.05, 0.1) is 13.0 Å². The molecule has 5 nitrogen and oxygen atoms in total. The van der Waals surface area contributed by atoms with Crippen molar-refractivity contribution < 1.29 is 14.6 Å². The highest BCUT2D eigenvalue weighted by Gasteiger charge is 2.23. The molecule has 0 saturated heterocycles. The van der Waals surface area contributed by atoms with E-state index in [-0.39, 0.29) is 11.8 Å². The maximum atomic E-state index is 11.0. The van der Waals surface area contributed by atoms with Gasteiger partial charge < -0.3 is 15.2 Å². The predicted molar refractivity (Wildman–Crippen MR) is 107 cm³/mol. The molecule has 2 N–H and O–H groups in total. The van der Waals surface area contributed by atoms with Crippen LogP contribution in [0.3, 0.4) is 0 Å². The lowest BCUT2D eigenvalue weighted by Crippen LogP contribution is -2.20. The second-order valence-corrected chi connectivity index (χ2v) is 7.22. The first-order valence-corrected chi connectivity index (χ1v) is 8.99. The maximum absolute atomic E-state index is 11.0. The Morgan fingerprint density at radius 1 is 1.33 bits per heavy atom. The lowest BCUT2D eigenvalue weighted by atomic mass is 9.81. The molecule has 0 amide bonds. The van der Waals surface area contributed by atoms with Crippen LogP contribution in [0.4, 0.5) is 5.82 Å². The van der Waals surface area contributed by atoms with Crippen LogP contribution in [0.2, 0.25) is 0 Å². The Hall–Kier alpha value is -3.00. The SMILES string of the molecule is C#Cc1cc(OCCCNc2ccccn2)ccc1CC(C)(C)CC(=O)O. The van der Waals surface area contributed by atoms with Crippen LogP contribution in [0.25, 0.3) is 0 Å². The fourth-order valence-corrected chi connectivity index (χ4v) is 2.87. The standard InChI is InChI=1S/C22H26N2O3/c1-4-17-14-19(10-9-18(17)15-22(2,3)16-21(25)26)27-13-7-12-24-20-8-5-6-11-23-20/h1,5-6,8-11,14H,7,12-13,15-16H2,2-3H3,(H,23,24)(H,25,26). The number of ether oxygens (including phenoxy) is 1. The van der Waals surface area contributed by atoms with Gasteiger partial charge in [-0.1, -0.05) is 31.9 Å². The zero-order valence-electron chi connectivity index (χ0n) is 15.9. The smallest absolute Gasteiger partial charge is 0.303 e. The van der Waals surface area contributed by atoms with E-state index in [1.165, 1.54) is 0 Å². The molecular formula is C22H26N2O3. The summed E-state index contributed by atoms with van der Waals surface area (Å²) in [5, 5.41) is 12.3. The lowest BCUT2D eigenvalue weighted by Gasteiger charge is -2.23. The molecule has 142 valence electrons. The van der Waals surface area contributed by atoms with Gasteiger partial charge in [-0.2, -0.15) is 0 Å². The van der Waals surface area contributed by atoms with Gasteiger partial charge >= 0.3 is 5.97 Å². The lowest BCUT2D eigenvalue weighted by molar-refractivity contribution is -0.139. The van der Waals surface area contributed by atoms with Crippen molar-refractivity contribution >= 4 is 11.8 Å². The van der Waals surface area contributed by atoms with E-state index in [1.807, 2.05) is 50.2 Å². The van der Waals surface area contributed by atoms with Crippen LogP contribution in [0.1, 0.15) is 37.8 Å². The van der Waals surface area contributed by atoms with E-state index in [0.717, 1.165) is 35.7 Å². The van der Waals surface area contributed by atoms with E-state index < -0.39 is 5.97 Å². The van der Waals surface area contributed by atoms with Crippen molar-refractivity contribution in [1.82, 2.24) is 4.98 Å². The molecule has 5 heteroatoms. The van der Waals surface area contributed by atoms with E-state index in [9.17, 15) is 4.79 Å². The molecule has 1 heterocycles. The zero-order valence-corrected chi connectivity index (χ0v) is 15.9. The van der Waals surface area contributed by atoms with Crippen molar-refractivity contribution in [2.45, 2.75) is 33.1 Å². The molecule has 0 radical (unpaired) electrons. The van der Waals surface area contributed by atoms with Gasteiger partial charge in [-0.05, 0) is 48.1 Å². The molecule has 27 heavy (non-hydrogen) atoms. The van der Waals surface area contributed by atoms with Gasteiger partial charge in [-0.3, -0.25) is 4.79 Å². The van der Waals surface area contributed by atoms with Gasteiger partial charge in [0.25, 0.3) is 0 Å². The Kier molecular flexibility index (Phi) is 7.25. The van der Waals surface area contributed by atoms with E-state index in [0.29, 0.717) is 13.0 Å². The van der Waals surface area contributed by atoms with Crippen molar-refractivity contribution in [3.63, 3.8) is 0 Å². The highest BCUT2D eigenvalue weighted by Crippen LogP contribution is 2.29. The molecule has 1 aromatic heterocycles. The molecule has 1 aromatic carbocycles. The van der Waals surface area contributed by atoms with Crippen LogP contribution in [0, 0.1) is 17.8 Å². The number of hydrogen-bond acceptors (Lipinski definition) is 4. The third kappa shape index (κ3) is 7.02. The highest BCUT2D eigenvalue weighted by molar-refractivity contribution is 5.67. The molecular weight excluding hydrogens is 340 g/mol. The van der Waals surface area contributed by atoms with Crippen molar-refractivity contribution in [3.8, 4) is 18.1 Å². The Labute approximate surface area is 160 Å². The van der Waals surface area contributed by atoms with Crippen LogP contribution in [0.5, 0.6) is 5.75 Å². The number of pyridine rings is 1. The number of carboxylic acids is 1. The summed E-state index contributed by atoms with van der Waals surface area (Å²) in [6, 6.07) is 11.4. The number of anilines is 1. The van der Waals surface area contributed by atoms with Gasteiger partial charge in [0.1, 0.15) is 11.6 Å². The molecule has 0 atom stereocenters. The summed E-state index contributed by atoms with van der Waals surface area (Å²) in [4.78, 5) is 15.2. The Bertz CT molecular complexity index is 795. The molecule has 0 aliphatic heterocycles. The largest absolute Gasteiger partial charge is 0.493 e. The molecule has 0 fully saturated rings. The monoisotopic (exact) mass is 366 g/mol. The van der Waals surface area contributed by atoms with E-state index in [2.05, 4.69) is 16.2 Å². The summed E-state index contributed by atoms with van der Waals surface area (Å²) in [5.41, 5.74) is 1.35. The predicted octanol–water partition coefficient (Wildman–Crippen LogP) is 3.99. The first kappa shape index (κ1) is 20.3. The van der Waals surface area contributed by atoms with Crippen molar-refractivity contribution in [2.24, 2.45) is 5.41 Å². The third-order valence-corrected chi connectivity index (χ3v) is 4.10. The number of benzene rings is 1. The summed E-state index contributed by atoms with van der Waals surface area (Å²) in [6.07, 6.45) is 8.92. The van der Waals surface area contributed by atoms with Gasteiger partial charge in [0.15, 0.2) is 0 Å². The van der Waals surface area contributed by atoms with Crippen LogP contribution < -0.4 is 10.1 Å². The number of aromatic nitrogens is 1. The number of aliphatic carboxylic acids is 1. The number of terminal acetylenes is 1. The molecule has 0 saturated carbocycles. The van der Waals surface area contributed by atoms with Crippen LogP contribution >= 0.6 is 0 Å². The molecule has 0 aliphatic carbocycles. The summed E-state index contributed by atoms with van der Waals surface area (Å²) in [6.45, 7) is 5.19. The Balaban J connectivity index is 1.86. The van der Waals surface area contributed by atoms with E-state index >= 15 is 0 Å². The van der Waals surface area contributed by atoms with Crippen molar-refractivity contribution in [3.05, 3.63) is 53.7 Å². The highest BCUT2D eigenvalue weighted by atomic mass is 16.5. The van der Waals surface area contributed by atoms with Crippen LogP contribution in [-0.4, -0.2) is 29.2 Å². The average Bonchev–Trinajstić information content (AvgIpc) is 2.62. The minimum absolute atomic E-state index is 0.0958. The number of hydrogen-bond donors (Lipinski definition) is 2. The minimum Gasteiger partial charge on any atom is -0.493 e. The minimum atomic E-state index is -0.804. The normalized spacial score (nSPS) is 10.9. The van der Waals surface area contributed by atoms with Crippen LogP contribution in [0.15, 0.2) is 42.6 Å². The molecule has 0 bridgehead atoms. The third-order valence-electron chi connectivity index (χ3n) is 4.10. The maximum Gasteiger partial charge on any atom is 0.303 e. The first-order valence-electron chi connectivity index (χ1n) is 8.99. The summed E-state index contributed by atoms with van der Waals surface area (Å²) in [7, 11) is 0. The van der Waals surface area contributed by atoms with Crippen molar-refractivity contribution in [2.75, 3.05) is 18.5 Å². The number of carbonyl (C=O) groups is 1. The fourth-order valence-electron chi connectivity index (χ4n) is 2.87. The number of nitrogens with zero attached hydrogens (tertiary/aromatic N) is 1. The topological polar surface area (TPSA) is 71.5 Å². The molecule has 0 spiro atoms. The Morgan fingerprint density at radius 2 is 2.15 bits per heavy atom. The first-order chi connectivity index (χ1) is 12.9. The number of carboxylic acid groups (broad SMARTS) is 1. The van der Waals surface area contributed by atoms with Crippen molar-refractivity contribution in [1.29, 1.82) is 0 Å². The number of rotatable bonds is 10. The Morgan fingerprint density at radius 3 is 2.81 bits per heavy atom. The molecule has 0 aliphatic rings. The van der Waals surface area contributed by atoms with E-state index in [1.54, 1.807) is 6.20 Å². The summed E-state index contributed by atoms with van der Waals surface area (Å²) in [5.74, 6) is 3.45. The molecule has 0 unspecified atom stereocenters. The van der Waals surface area contributed by atoms with Gasteiger partial charge in [-0.15, -0.1) is 6.42 Å².